The minimum absolute atomic E-state index is 0.0900. The third-order valence-corrected chi connectivity index (χ3v) is 4.55. The number of nitrogens with zero attached hydrogens (tertiary/aromatic N) is 3. The zero-order chi connectivity index (χ0) is 19.0. The van der Waals surface area contributed by atoms with Crippen LogP contribution in [0.1, 0.15) is 32.1 Å². The highest BCUT2D eigenvalue weighted by Crippen LogP contribution is 2.30. The number of amides is 1. The van der Waals surface area contributed by atoms with Gasteiger partial charge in [0.1, 0.15) is 0 Å². The average Bonchev–Trinajstić information content (AvgIpc) is 3.32. The lowest BCUT2D eigenvalue weighted by atomic mass is 10.1. The van der Waals surface area contributed by atoms with Crippen molar-refractivity contribution in [3.8, 4) is 11.5 Å². The van der Waals surface area contributed by atoms with Crippen LogP contribution in [0.5, 0.6) is 0 Å². The van der Waals surface area contributed by atoms with Gasteiger partial charge in [-0.15, -0.1) is 0 Å². The van der Waals surface area contributed by atoms with Crippen molar-refractivity contribution in [2.45, 2.75) is 13.3 Å². The van der Waals surface area contributed by atoms with Gasteiger partial charge in [0.25, 0.3) is 11.8 Å². The molecule has 1 aliphatic rings. The van der Waals surface area contributed by atoms with Gasteiger partial charge >= 0.3 is 5.97 Å². The van der Waals surface area contributed by atoms with E-state index in [2.05, 4.69) is 10.1 Å². The molecule has 1 amide bonds. The molecular formula is C20H17N3O4. The number of ether oxygens (including phenoxy) is 1. The number of aryl methyl sites for hydroxylation is 1. The summed E-state index contributed by atoms with van der Waals surface area (Å²) < 4.78 is 9.89. The van der Waals surface area contributed by atoms with Gasteiger partial charge in [-0.05, 0) is 61.4 Å². The molecule has 4 rings (SSSR count). The minimum atomic E-state index is -0.380. The van der Waals surface area contributed by atoms with Gasteiger partial charge in [-0.25, -0.2) is 4.79 Å². The summed E-state index contributed by atoms with van der Waals surface area (Å²) in [5.41, 5.74) is 3.61. The summed E-state index contributed by atoms with van der Waals surface area (Å²) in [5.74, 6) is 0.515. The number of methoxy groups -OCH3 is 1. The average molecular weight is 363 g/mol. The van der Waals surface area contributed by atoms with Crippen molar-refractivity contribution in [2.75, 3.05) is 18.6 Å². The maximum Gasteiger partial charge on any atom is 0.337 e. The predicted molar refractivity (Wildman–Crippen MR) is 97.6 cm³/mol. The summed E-state index contributed by atoms with van der Waals surface area (Å²) in [6.07, 6.45) is 0.700. The second-order valence-corrected chi connectivity index (χ2v) is 6.27. The zero-order valence-electron chi connectivity index (χ0n) is 14.9. The molecule has 0 bridgehead atoms. The third-order valence-electron chi connectivity index (χ3n) is 4.55. The standard InChI is InChI=1S/C20H17N3O4/c1-12-21-18(27-22-12)13-3-5-14(6-4-13)19(24)23-10-9-15-11-16(20(25)26-2)7-8-17(15)23/h3-8,11H,9-10H2,1-2H3. The maximum absolute atomic E-state index is 12.9. The molecule has 1 aliphatic heterocycles. The summed E-state index contributed by atoms with van der Waals surface area (Å²) >= 11 is 0. The number of hydrogen-bond donors (Lipinski definition) is 0. The molecule has 0 aliphatic carbocycles. The van der Waals surface area contributed by atoms with E-state index in [0.29, 0.717) is 35.8 Å². The molecule has 0 saturated heterocycles. The fourth-order valence-corrected chi connectivity index (χ4v) is 3.18. The van der Waals surface area contributed by atoms with Gasteiger partial charge in [0.05, 0.1) is 12.7 Å². The Morgan fingerprint density at radius 1 is 1.11 bits per heavy atom. The molecule has 2 aromatic carbocycles. The lowest BCUT2D eigenvalue weighted by molar-refractivity contribution is 0.0600. The molecule has 0 N–H and O–H groups in total. The molecule has 7 nitrogen and oxygen atoms in total. The quantitative estimate of drug-likeness (QED) is 0.665. The van der Waals surface area contributed by atoms with E-state index in [-0.39, 0.29) is 11.9 Å². The summed E-state index contributed by atoms with van der Waals surface area (Å²) in [4.78, 5) is 30.5. The molecule has 2 heterocycles. The summed E-state index contributed by atoms with van der Waals surface area (Å²) in [7, 11) is 1.35. The Morgan fingerprint density at radius 3 is 2.52 bits per heavy atom. The van der Waals surface area contributed by atoms with Gasteiger partial charge in [-0.1, -0.05) is 5.16 Å². The first-order valence-electron chi connectivity index (χ1n) is 8.50. The van der Waals surface area contributed by atoms with Crippen LogP contribution in [0.3, 0.4) is 0 Å². The van der Waals surface area contributed by atoms with Gasteiger partial charge in [0, 0.05) is 23.4 Å². The normalized spacial score (nSPS) is 12.7. The van der Waals surface area contributed by atoms with E-state index in [0.717, 1.165) is 16.8 Å². The van der Waals surface area contributed by atoms with Crippen LogP contribution in [0.2, 0.25) is 0 Å². The van der Waals surface area contributed by atoms with Gasteiger partial charge < -0.3 is 14.2 Å². The first-order chi connectivity index (χ1) is 13.1. The Hall–Kier alpha value is -3.48. The summed E-state index contributed by atoms with van der Waals surface area (Å²) in [5, 5.41) is 3.77. The predicted octanol–water partition coefficient (Wildman–Crippen LogP) is 3.03. The molecule has 0 unspecified atom stereocenters. The Bertz CT molecular complexity index is 1020. The first kappa shape index (κ1) is 17.0. The molecule has 0 atom stereocenters. The van der Waals surface area contributed by atoms with Crippen LogP contribution >= 0.6 is 0 Å². The van der Waals surface area contributed by atoms with Crippen LogP contribution in [-0.4, -0.2) is 35.7 Å². The van der Waals surface area contributed by atoms with Crippen LogP contribution in [0, 0.1) is 6.92 Å². The van der Waals surface area contributed by atoms with Gasteiger partial charge in [0.15, 0.2) is 5.82 Å². The highest BCUT2D eigenvalue weighted by atomic mass is 16.5. The van der Waals surface area contributed by atoms with Crippen LogP contribution < -0.4 is 4.90 Å². The number of anilines is 1. The van der Waals surface area contributed by atoms with Crippen molar-refractivity contribution in [3.63, 3.8) is 0 Å². The Morgan fingerprint density at radius 2 is 1.85 bits per heavy atom. The Balaban J connectivity index is 1.57. The fraction of sp³-hybridized carbons (Fsp3) is 0.200. The number of aromatic nitrogens is 2. The van der Waals surface area contributed by atoms with Gasteiger partial charge in [-0.3, -0.25) is 4.79 Å². The van der Waals surface area contributed by atoms with E-state index in [1.807, 2.05) is 0 Å². The number of benzene rings is 2. The highest BCUT2D eigenvalue weighted by molar-refractivity contribution is 6.07. The molecule has 0 radical (unpaired) electrons. The van der Waals surface area contributed by atoms with E-state index >= 15 is 0 Å². The molecule has 0 fully saturated rings. The topological polar surface area (TPSA) is 85.5 Å². The zero-order valence-corrected chi connectivity index (χ0v) is 14.9. The number of carbonyl (C=O) groups is 2. The molecule has 7 heteroatoms. The van der Waals surface area contributed by atoms with E-state index in [1.54, 1.807) is 54.3 Å². The lowest BCUT2D eigenvalue weighted by Crippen LogP contribution is -2.28. The SMILES string of the molecule is COC(=O)c1ccc2c(c1)CCN2C(=O)c1ccc(-c2nc(C)no2)cc1. The summed E-state index contributed by atoms with van der Waals surface area (Å²) in [6.45, 7) is 2.32. The number of fused-ring (bicyclic) bond motifs is 1. The van der Waals surface area contributed by atoms with Crippen molar-refractivity contribution in [2.24, 2.45) is 0 Å². The number of rotatable bonds is 3. The van der Waals surface area contributed by atoms with E-state index < -0.39 is 0 Å². The molecule has 27 heavy (non-hydrogen) atoms. The third kappa shape index (κ3) is 3.08. The second kappa shape index (κ2) is 6.68. The monoisotopic (exact) mass is 363 g/mol. The molecule has 0 saturated carbocycles. The van der Waals surface area contributed by atoms with Crippen molar-refractivity contribution < 1.29 is 18.8 Å². The maximum atomic E-state index is 12.9. The fourth-order valence-electron chi connectivity index (χ4n) is 3.18. The molecule has 1 aromatic heterocycles. The van der Waals surface area contributed by atoms with Crippen molar-refractivity contribution in [3.05, 3.63) is 65.0 Å². The number of esters is 1. The molecule has 3 aromatic rings. The van der Waals surface area contributed by atoms with Crippen LogP contribution in [0.15, 0.2) is 47.0 Å². The number of carbonyl (C=O) groups excluding carboxylic acids is 2. The van der Waals surface area contributed by atoms with Crippen LogP contribution in [-0.2, 0) is 11.2 Å². The van der Waals surface area contributed by atoms with Gasteiger partial charge in [0.2, 0.25) is 0 Å². The second-order valence-electron chi connectivity index (χ2n) is 6.27. The molecular weight excluding hydrogens is 346 g/mol. The Labute approximate surface area is 155 Å². The van der Waals surface area contributed by atoms with Crippen LogP contribution in [0.4, 0.5) is 5.69 Å². The van der Waals surface area contributed by atoms with Gasteiger partial charge in [-0.2, -0.15) is 4.98 Å². The smallest absolute Gasteiger partial charge is 0.337 e. The highest BCUT2D eigenvalue weighted by Gasteiger charge is 2.26. The molecule has 136 valence electrons. The van der Waals surface area contributed by atoms with E-state index in [9.17, 15) is 9.59 Å². The van der Waals surface area contributed by atoms with Crippen LogP contribution in [0.25, 0.3) is 11.5 Å². The van der Waals surface area contributed by atoms with E-state index in [4.69, 9.17) is 9.26 Å². The lowest BCUT2D eigenvalue weighted by Gasteiger charge is -2.17. The minimum Gasteiger partial charge on any atom is -0.465 e. The largest absolute Gasteiger partial charge is 0.465 e. The number of hydrogen-bond acceptors (Lipinski definition) is 6. The summed E-state index contributed by atoms with van der Waals surface area (Å²) in [6, 6.07) is 12.3. The van der Waals surface area contributed by atoms with Crippen molar-refractivity contribution >= 4 is 17.6 Å². The Kier molecular flexibility index (Phi) is 4.19. The van der Waals surface area contributed by atoms with Crippen molar-refractivity contribution in [1.82, 2.24) is 10.1 Å². The molecule has 0 spiro atoms. The van der Waals surface area contributed by atoms with Crippen molar-refractivity contribution in [1.29, 1.82) is 0 Å². The van der Waals surface area contributed by atoms with E-state index in [1.165, 1.54) is 7.11 Å². The first-order valence-corrected chi connectivity index (χ1v) is 8.50.